The van der Waals surface area contributed by atoms with Gasteiger partial charge in [0.2, 0.25) is 0 Å². The monoisotopic (exact) mass is 427 g/mol. The molecule has 2 heterocycles. The zero-order chi connectivity index (χ0) is 22.1. The van der Waals surface area contributed by atoms with Crippen molar-refractivity contribution in [1.29, 1.82) is 0 Å². The predicted octanol–water partition coefficient (Wildman–Crippen LogP) is 4.47. The summed E-state index contributed by atoms with van der Waals surface area (Å²) in [5, 5.41) is 6.49. The molecule has 3 aromatic carbocycles. The maximum absolute atomic E-state index is 13.6. The number of rotatable bonds is 6. The molecule has 0 amide bonds. The number of H-pyrrole nitrogens is 2. The summed E-state index contributed by atoms with van der Waals surface area (Å²) in [5.74, 6) is 2.13. The van der Waals surface area contributed by atoms with E-state index in [1.807, 2.05) is 54.6 Å². The van der Waals surface area contributed by atoms with Gasteiger partial charge < -0.3 is 19.8 Å². The van der Waals surface area contributed by atoms with E-state index in [1.165, 1.54) is 4.68 Å². The number of methoxy groups -OCH3 is 2. The molecule has 0 spiro atoms. The molecule has 5 aromatic rings. The maximum Gasteiger partial charge on any atom is 0.284 e. The van der Waals surface area contributed by atoms with Crippen molar-refractivity contribution in [3.63, 3.8) is 0 Å². The number of aromatic amines is 2. The number of para-hydroxylation sites is 3. The molecule has 0 aliphatic heterocycles. The number of hydrogen-bond donors (Lipinski definition) is 3. The third-order valence-corrected chi connectivity index (χ3v) is 5.15. The van der Waals surface area contributed by atoms with E-state index in [-0.39, 0.29) is 5.56 Å². The lowest BCUT2D eigenvalue weighted by molar-refractivity contribution is 0.394. The first-order valence-electron chi connectivity index (χ1n) is 10.0. The molecule has 0 atom stereocenters. The minimum absolute atomic E-state index is 0.266. The van der Waals surface area contributed by atoms with Gasteiger partial charge in [-0.3, -0.25) is 9.89 Å². The summed E-state index contributed by atoms with van der Waals surface area (Å²) in [6.45, 7) is 0. The van der Waals surface area contributed by atoms with Gasteiger partial charge >= 0.3 is 0 Å². The number of benzene rings is 3. The van der Waals surface area contributed by atoms with Crippen LogP contribution in [0, 0.1) is 0 Å². The van der Waals surface area contributed by atoms with E-state index in [0.29, 0.717) is 34.4 Å². The van der Waals surface area contributed by atoms with Crippen molar-refractivity contribution in [2.24, 2.45) is 0 Å². The van der Waals surface area contributed by atoms with Crippen molar-refractivity contribution >= 4 is 22.5 Å². The van der Waals surface area contributed by atoms with Gasteiger partial charge in [0, 0.05) is 23.9 Å². The average Bonchev–Trinajstić information content (AvgIpc) is 3.39. The lowest BCUT2D eigenvalue weighted by atomic mass is 10.2. The first-order valence-corrected chi connectivity index (χ1v) is 10.0. The van der Waals surface area contributed by atoms with Crippen LogP contribution in [0.3, 0.4) is 0 Å². The lowest BCUT2D eigenvalue weighted by Gasteiger charge is -2.09. The summed E-state index contributed by atoms with van der Waals surface area (Å²) in [7, 11) is 3.14. The van der Waals surface area contributed by atoms with Crippen molar-refractivity contribution in [2.45, 2.75) is 0 Å². The molecule has 0 radical (unpaired) electrons. The summed E-state index contributed by atoms with van der Waals surface area (Å²) in [4.78, 5) is 21.5. The van der Waals surface area contributed by atoms with Gasteiger partial charge in [-0.15, -0.1) is 0 Å². The fourth-order valence-corrected chi connectivity index (χ4v) is 3.59. The summed E-state index contributed by atoms with van der Waals surface area (Å²) in [5.41, 5.74) is 3.17. The van der Waals surface area contributed by atoms with E-state index in [0.717, 1.165) is 16.7 Å². The van der Waals surface area contributed by atoms with Gasteiger partial charge in [0.25, 0.3) is 5.56 Å². The largest absolute Gasteiger partial charge is 0.497 e. The van der Waals surface area contributed by atoms with Crippen LogP contribution in [0.2, 0.25) is 0 Å². The van der Waals surface area contributed by atoms with Gasteiger partial charge in [-0.1, -0.05) is 30.3 Å². The molecular formula is C24H21N5O3. The molecule has 160 valence electrons. The highest BCUT2D eigenvalue weighted by Gasteiger charge is 2.21. The van der Waals surface area contributed by atoms with Crippen LogP contribution in [0.15, 0.2) is 77.6 Å². The molecule has 32 heavy (non-hydrogen) atoms. The quantitative estimate of drug-likeness (QED) is 0.372. The minimum atomic E-state index is -0.266. The Morgan fingerprint density at radius 3 is 2.28 bits per heavy atom. The van der Waals surface area contributed by atoms with Crippen LogP contribution in [-0.2, 0) is 0 Å². The molecule has 5 rings (SSSR count). The Kier molecular flexibility index (Phi) is 4.87. The Morgan fingerprint density at radius 2 is 1.59 bits per heavy atom. The van der Waals surface area contributed by atoms with Gasteiger partial charge in [0.1, 0.15) is 28.7 Å². The van der Waals surface area contributed by atoms with Crippen molar-refractivity contribution < 1.29 is 9.47 Å². The highest BCUT2D eigenvalue weighted by Crippen LogP contribution is 2.29. The fraction of sp³-hybridized carbons (Fsp3) is 0.0833. The molecule has 0 aliphatic rings. The van der Waals surface area contributed by atoms with Gasteiger partial charge in [0.15, 0.2) is 0 Å². The van der Waals surface area contributed by atoms with Gasteiger partial charge in [0.05, 0.1) is 30.9 Å². The molecule has 0 unspecified atom stereocenters. The van der Waals surface area contributed by atoms with E-state index in [9.17, 15) is 4.79 Å². The average molecular weight is 427 g/mol. The zero-order valence-corrected chi connectivity index (χ0v) is 17.5. The number of anilines is 2. The summed E-state index contributed by atoms with van der Waals surface area (Å²) < 4.78 is 12.2. The van der Waals surface area contributed by atoms with Crippen LogP contribution in [-0.4, -0.2) is 34.0 Å². The highest BCUT2D eigenvalue weighted by atomic mass is 16.5. The number of nitrogens with zero attached hydrogens (tertiary/aromatic N) is 2. The molecule has 3 N–H and O–H groups in total. The van der Waals surface area contributed by atoms with Crippen LogP contribution < -0.4 is 20.3 Å². The summed E-state index contributed by atoms with van der Waals surface area (Å²) in [6, 6.07) is 22.5. The van der Waals surface area contributed by atoms with Crippen molar-refractivity contribution in [1.82, 2.24) is 19.7 Å². The summed E-state index contributed by atoms with van der Waals surface area (Å²) >= 11 is 0. The Morgan fingerprint density at radius 1 is 0.906 bits per heavy atom. The zero-order valence-electron chi connectivity index (χ0n) is 17.5. The van der Waals surface area contributed by atoms with Crippen LogP contribution in [0.5, 0.6) is 11.5 Å². The normalized spacial score (nSPS) is 10.9. The van der Waals surface area contributed by atoms with E-state index >= 15 is 0 Å². The SMILES string of the molecule is COc1cc(OC)cc(-n2[nH]c(Nc3ccccc3)c(-c3nc4ccccc4[nH]3)c2=O)c1. The number of ether oxygens (including phenoxy) is 2. The lowest BCUT2D eigenvalue weighted by Crippen LogP contribution is -2.16. The molecular weight excluding hydrogens is 406 g/mol. The van der Waals surface area contributed by atoms with Crippen molar-refractivity contribution in [3.05, 3.63) is 83.2 Å². The maximum atomic E-state index is 13.6. The smallest absolute Gasteiger partial charge is 0.284 e. The number of nitrogens with one attached hydrogen (secondary N) is 3. The van der Waals surface area contributed by atoms with Crippen molar-refractivity contribution in [2.75, 3.05) is 19.5 Å². The van der Waals surface area contributed by atoms with Crippen LogP contribution in [0.1, 0.15) is 0 Å². The van der Waals surface area contributed by atoms with E-state index in [2.05, 4.69) is 20.4 Å². The third-order valence-electron chi connectivity index (χ3n) is 5.15. The highest BCUT2D eigenvalue weighted by molar-refractivity contribution is 5.83. The van der Waals surface area contributed by atoms with E-state index in [1.54, 1.807) is 32.4 Å². The van der Waals surface area contributed by atoms with Crippen LogP contribution in [0.4, 0.5) is 11.5 Å². The fourth-order valence-electron chi connectivity index (χ4n) is 3.59. The predicted molar refractivity (Wildman–Crippen MR) is 124 cm³/mol. The van der Waals surface area contributed by atoms with Crippen LogP contribution in [0.25, 0.3) is 28.1 Å². The molecule has 8 nitrogen and oxygen atoms in total. The Hall–Kier alpha value is -4.46. The van der Waals surface area contributed by atoms with Crippen LogP contribution >= 0.6 is 0 Å². The number of hydrogen-bond acceptors (Lipinski definition) is 5. The van der Waals surface area contributed by atoms with Gasteiger partial charge in [-0.05, 0) is 24.3 Å². The topological polar surface area (TPSA) is 97.0 Å². The second kappa shape index (κ2) is 7.99. The molecule has 2 aromatic heterocycles. The number of aromatic nitrogens is 4. The van der Waals surface area contributed by atoms with Gasteiger partial charge in [-0.25, -0.2) is 9.67 Å². The van der Waals surface area contributed by atoms with Gasteiger partial charge in [-0.2, -0.15) is 0 Å². The molecule has 0 saturated heterocycles. The number of fused-ring (bicyclic) bond motifs is 1. The second-order valence-electron chi connectivity index (χ2n) is 7.17. The van der Waals surface area contributed by atoms with Crippen molar-refractivity contribution in [3.8, 4) is 28.6 Å². The Balaban J connectivity index is 1.71. The van der Waals surface area contributed by atoms with E-state index < -0.39 is 0 Å². The molecule has 0 fully saturated rings. The molecule has 8 heteroatoms. The molecule has 0 bridgehead atoms. The minimum Gasteiger partial charge on any atom is -0.497 e. The van der Waals surface area contributed by atoms with E-state index in [4.69, 9.17) is 9.47 Å². The standard InChI is InChI=1S/C24H21N5O3/c1-31-17-12-16(13-18(14-17)32-2)29-24(30)21(22-26-19-10-6-7-11-20(19)27-22)23(28-29)25-15-8-4-3-5-9-15/h3-14,25,28H,1-2H3,(H,26,27). The molecule has 0 aliphatic carbocycles. The Bertz CT molecular complexity index is 1390. The first-order chi connectivity index (χ1) is 15.7. The number of imidazole rings is 1. The third kappa shape index (κ3) is 3.47. The Labute approximate surface area is 183 Å². The summed E-state index contributed by atoms with van der Waals surface area (Å²) in [6.07, 6.45) is 0. The first kappa shape index (κ1) is 19.5. The molecule has 0 saturated carbocycles. The second-order valence-corrected chi connectivity index (χ2v) is 7.17.